The van der Waals surface area contributed by atoms with Crippen LogP contribution in [0.1, 0.15) is 0 Å². The lowest BCUT2D eigenvalue weighted by atomic mass is 10.3. The molecule has 0 spiro atoms. The molecule has 1 fully saturated rings. The second kappa shape index (κ2) is 5.21. The normalized spacial score (nSPS) is 19.9. The second-order valence-electron chi connectivity index (χ2n) is 2.71. The first-order chi connectivity index (χ1) is 6.74. The molecular weight excluding hydrogens is 186 g/mol. The van der Waals surface area contributed by atoms with Gasteiger partial charge in [-0.25, -0.2) is 5.48 Å². The quantitative estimate of drug-likeness (QED) is 0.351. The highest BCUT2D eigenvalue weighted by Gasteiger charge is 2.26. The molecule has 0 saturated carbocycles. The summed E-state index contributed by atoms with van der Waals surface area (Å²) in [6.07, 6.45) is 4.97. The van der Waals surface area contributed by atoms with E-state index in [0.29, 0.717) is 6.54 Å². The Morgan fingerprint density at radius 1 is 1.79 bits per heavy atom. The predicted molar refractivity (Wildman–Crippen MR) is 47.7 cm³/mol. The van der Waals surface area contributed by atoms with Crippen molar-refractivity contribution in [2.75, 3.05) is 19.7 Å². The standard InChI is InChI=1S/C8H11N3O3/c1-2-3-9-4-7(12)10-6-5-14-11-8(6)13/h1,6,9H,3-5H2,(H,10,12)(H,11,13)/t6-/m1/s1. The minimum Gasteiger partial charge on any atom is -0.341 e. The van der Waals surface area contributed by atoms with Crippen LogP contribution < -0.4 is 16.1 Å². The summed E-state index contributed by atoms with van der Waals surface area (Å²) in [5.74, 6) is 1.71. The van der Waals surface area contributed by atoms with Crippen LogP contribution in [0, 0.1) is 12.3 Å². The molecule has 1 rings (SSSR count). The third-order valence-corrected chi connectivity index (χ3v) is 1.59. The Bertz CT molecular complexity index is 271. The average molecular weight is 197 g/mol. The summed E-state index contributed by atoms with van der Waals surface area (Å²) in [6, 6.07) is -0.602. The molecule has 1 saturated heterocycles. The van der Waals surface area contributed by atoms with E-state index in [1.165, 1.54) is 0 Å². The molecule has 0 radical (unpaired) electrons. The first-order valence-electron chi connectivity index (χ1n) is 4.09. The number of terminal acetylenes is 1. The molecule has 76 valence electrons. The third-order valence-electron chi connectivity index (χ3n) is 1.59. The van der Waals surface area contributed by atoms with Crippen LogP contribution in [0.4, 0.5) is 0 Å². The number of carbonyl (C=O) groups is 2. The van der Waals surface area contributed by atoms with Gasteiger partial charge in [-0.3, -0.25) is 19.7 Å². The molecule has 1 aliphatic rings. The van der Waals surface area contributed by atoms with Crippen molar-refractivity contribution in [3.63, 3.8) is 0 Å². The topological polar surface area (TPSA) is 79.5 Å². The van der Waals surface area contributed by atoms with Crippen molar-refractivity contribution in [2.45, 2.75) is 6.04 Å². The van der Waals surface area contributed by atoms with Gasteiger partial charge in [0, 0.05) is 0 Å². The van der Waals surface area contributed by atoms with Crippen molar-refractivity contribution in [3.05, 3.63) is 0 Å². The van der Waals surface area contributed by atoms with Crippen LogP contribution in [0.2, 0.25) is 0 Å². The summed E-state index contributed by atoms with van der Waals surface area (Å²) in [6.45, 7) is 0.564. The van der Waals surface area contributed by atoms with E-state index in [4.69, 9.17) is 6.42 Å². The predicted octanol–water partition coefficient (Wildman–Crippen LogP) is -2.24. The van der Waals surface area contributed by atoms with Gasteiger partial charge in [0.05, 0.1) is 13.1 Å². The van der Waals surface area contributed by atoms with Crippen molar-refractivity contribution in [1.82, 2.24) is 16.1 Å². The van der Waals surface area contributed by atoms with Gasteiger partial charge >= 0.3 is 0 Å². The SMILES string of the molecule is C#CCNCC(=O)N[C@@H]1CONC1=O. The van der Waals surface area contributed by atoms with Gasteiger partial charge in [-0.1, -0.05) is 5.92 Å². The van der Waals surface area contributed by atoms with Crippen molar-refractivity contribution < 1.29 is 14.4 Å². The summed E-state index contributed by atoms with van der Waals surface area (Å²) < 4.78 is 0. The monoisotopic (exact) mass is 197 g/mol. The summed E-state index contributed by atoms with van der Waals surface area (Å²) >= 11 is 0. The Labute approximate surface area is 81.3 Å². The Morgan fingerprint density at radius 2 is 2.57 bits per heavy atom. The van der Waals surface area contributed by atoms with Crippen molar-refractivity contribution in [2.24, 2.45) is 0 Å². The van der Waals surface area contributed by atoms with E-state index in [-0.39, 0.29) is 25.0 Å². The number of hydrogen-bond donors (Lipinski definition) is 3. The summed E-state index contributed by atoms with van der Waals surface area (Å²) in [7, 11) is 0. The highest BCUT2D eigenvalue weighted by molar-refractivity contribution is 5.88. The van der Waals surface area contributed by atoms with E-state index in [0.717, 1.165) is 0 Å². The van der Waals surface area contributed by atoms with Crippen molar-refractivity contribution in [3.8, 4) is 12.3 Å². The molecule has 0 aromatic rings. The molecule has 0 aromatic carbocycles. The number of amides is 2. The maximum Gasteiger partial charge on any atom is 0.268 e. The van der Waals surface area contributed by atoms with Gasteiger partial charge in [0.15, 0.2) is 0 Å². The number of rotatable bonds is 4. The average Bonchev–Trinajstić information content (AvgIpc) is 2.52. The zero-order chi connectivity index (χ0) is 10.4. The van der Waals surface area contributed by atoms with Crippen LogP contribution in [-0.4, -0.2) is 37.6 Å². The summed E-state index contributed by atoms with van der Waals surface area (Å²) in [5.41, 5.74) is 2.14. The van der Waals surface area contributed by atoms with Gasteiger partial charge in [0.1, 0.15) is 12.6 Å². The Balaban J connectivity index is 2.20. The van der Waals surface area contributed by atoms with E-state index in [1.807, 2.05) is 0 Å². The molecule has 1 atom stereocenters. The first-order valence-corrected chi connectivity index (χ1v) is 4.09. The first kappa shape index (κ1) is 10.5. The van der Waals surface area contributed by atoms with Gasteiger partial charge in [-0.15, -0.1) is 6.42 Å². The Hall–Kier alpha value is -1.58. The molecule has 0 aromatic heterocycles. The zero-order valence-corrected chi connectivity index (χ0v) is 7.50. The highest BCUT2D eigenvalue weighted by atomic mass is 16.7. The second-order valence-corrected chi connectivity index (χ2v) is 2.71. The zero-order valence-electron chi connectivity index (χ0n) is 7.50. The largest absolute Gasteiger partial charge is 0.341 e. The van der Waals surface area contributed by atoms with E-state index in [9.17, 15) is 9.59 Å². The van der Waals surface area contributed by atoms with Gasteiger partial charge in [0.25, 0.3) is 5.91 Å². The van der Waals surface area contributed by atoms with Crippen LogP contribution in [0.15, 0.2) is 0 Å². The van der Waals surface area contributed by atoms with Crippen LogP contribution in [-0.2, 0) is 14.4 Å². The number of nitrogens with one attached hydrogen (secondary N) is 3. The van der Waals surface area contributed by atoms with Crippen LogP contribution in [0.3, 0.4) is 0 Å². The van der Waals surface area contributed by atoms with E-state index < -0.39 is 6.04 Å². The molecule has 14 heavy (non-hydrogen) atoms. The molecule has 1 aliphatic heterocycles. The third kappa shape index (κ3) is 3.05. The fourth-order valence-electron chi connectivity index (χ4n) is 0.944. The maximum atomic E-state index is 11.1. The highest BCUT2D eigenvalue weighted by Crippen LogP contribution is 1.92. The summed E-state index contributed by atoms with van der Waals surface area (Å²) in [4.78, 5) is 26.7. The van der Waals surface area contributed by atoms with Gasteiger partial charge in [-0.2, -0.15) is 0 Å². The lowest BCUT2D eigenvalue weighted by molar-refractivity contribution is -0.128. The van der Waals surface area contributed by atoms with Crippen LogP contribution in [0.25, 0.3) is 0 Å². The number of hydrogen-bond acceptors (Lipinski definition) is 4. The van der Waals surface area contributed by atoms with E-state index in [1.54, 1.807) is 0 Å². The lowest BCUT2D eigenvalue weighted by Gasteiger charge is -2.07. The van der Waals surface area contributed by atoms with E-state index in [2.05, 4.69) is 26.9 Å². The molecule has 1 heterocycles. The minimum atomic E-state index is -0.602. The van der Waals surface area contributed by atoms with Crippen molar-refractivity contribution in [1.29, 1.82) is 0 Å². The fraction of sp³-hybridized carbons (Fsp3) is 0.500. The lowest BCUT2D eigenvalue weighted by Crippen LogP contribution is -2.45. The molecule has 3 N–H and O–H groups in total. The number of carbonyl (C=O) groups excluding carboxylic acids is 2. The number of hydroxylamine groups is 1. The fourth-order valence-corrected chi connectivity index (χ4v) is 0.944. The Morgan fingerprint density at radius 3 is 3.14 bits per heavy atom. The minimum absolute atomic E-state index is 0.0913. The van der Waals surface area contributed by atoms with Crippen LogP contribution in [0.5, 0.6) is 0 Å². The molecular formula is C8H11N3O3. The van der Waals surface area contributed by atoms with Gasteiger partial charge in [0.2, 0.25) is 5.91 Å². The Kier molecular flexibility index (Phi) is 3.91. The maximum absolute atomic E-state index is 11.1. The van der Waals surface area contributed by atoms with Crippen molar-refractivity contribution >= 4 is 11.8 Å². The molecule has 0 aliphatic carbocycles. The smallest absolute Gasteiger partial charge is 0.268 e. The van der Waals surface area contributed by atoms with E-state index >= 15 is 0 Å². The van der Waals surface area contributed by atoms with Gasteiger partial charge < -0.3 is 5.32 Å². The molecule has 6 heteroatoms. The van der Waals surface area contributed by atoms with Crippen LogP contribution >= 0.6 is 0 Å². The molecule has 0 unspecified atom stereocenters. The van der Waals surface area contributed by atoms with Gasteiger partial charge in [-0.05, 0) is 0 Å². The molecule has 6 nitrogen and oxygen atoms in total. The summed E-state index contributed by atoms with van der Waals surface area (Å²) in [5, 5.41) is 5.18. The molecule has 2 amide bonds. The molecule has 0 bridgehead atoms.